The zero-order chi connectivity index (χ0) is 21.3. The molecule has 30 heavy (non-hydrogen) atoms. The Morgan fingerprint density at radius 3 is 2.63 bits per heavy atom. The highest BCUT2D eigenvalue weighted by Crippen LogP contribution is 2.19. The molecule has 0 aliphatic carbocycles. The molecule has 0 unspecified atom stereocenters. The fraction of sp³-hybridized carbons (Fsp3) is 0.200. The summed E-state index contributed by atoms with van der Waals surface area (Å²) in [5.41, 5.74) is 2.94. The molecule has 0 spiro atoms. The first kappa shape index (κ1) is 20.0. The smallest absolute Gasteiger partial charge is 0.277 e. The van der Waals surface area contributed by atoms with Crippen LogP contribution in [0, 0.1) is 19.7 Å². The second-order valence-corrected chi connectivity index (χ2v) is 7.64. The Kier molecular flexibility index (Phi) is 5.49. The van der Waals surface area contributed by atoms with Crippen LogP contribution in [0.15, 0.2) is 53.3 Å². The first-order valence-corrected chi connectivity index (χ1v) is 10.0. The molecule has 0 aliphatic heterocycles. The lowest BCUT2D eigenvalue weighted by Crippen LogP contribution is -2.16. The van der Waals surface area contributed by atoms with Crippen molar-refractivity contribution in [2.24, 2.45) is 0 Å². The van der Waals surface area contributed by atoms with Gasteiger partial charge in [-0.1, -0.05) is 12.1 Å². The molecule has 10 heteroatoms. The number of anilines is 1. The number of aryl methyl sites for hydroxylation is 1. The summed E-state index contributed by atoms with van der Waals surface area (Å²) in [5, 5.41) is 15.8. The summed E-state index contributed by atoms with van der Waals surface area (Å²) in [4.78, 5) is 12.5. The van der Waals surface area contributed by atoms with E-state index < -0.39 is 0 Å². The molecule has 1 N–H and O–H groups in total. The zero-order valence-electron chi connectivity index (χ0n) is 16.4. The highest BCUT2D eigenvalue weighted by Gasteiger charge is 2.13. The number of benzene rings is 1. The monoisotopic (exact) mass is 471 g/mol. The molecular weight excluding hydrogens is 453 g/mol. The highest BCUT2D eigenvalue weighted by atomic mass is 79.9. The number of hydrogen-bond donors (Lipinski definition) is 1. The molecule has 1 amide bonds. The maximum absolute atomic E-state index is 13.3. The molecule has 0 saturated heterocycles. The van der Waals surface area contributed by atoms with E-state index in [1.807, 2.05) is 24.6 Å². The number of hydrogen-bond acceptors (Lipinski definition) is 4. The summed E-state index contributed by atoms with van der Waals surface area (Å²) in [7, 11) is 0. The molecule has 8 nitrogen and oxygen atoms in total. The second kappa shape index (κ2) is 8.23. The summed E-state index contributed by atoms with van der Waals surface area (Å²) in [5.74, 6) is -0.260. The minimum Gasteiger partial charge on any atom is -0.304 e. The van der Waals surface area contributed by atoms with Gasteiger partial charge in [-0.15, -0.1) is 0 Å². The molecule has 0 radical (unpaired) electrons. The average molecular weight is 472 g/mol. The van der Waals surface area contributed by atoms with Gasteiger partial charge in [0.25, 0.3) is 5.91 Å². The van der Waals surface area contributed by atoms with E-state index in [2.05, 4.69) is 36.5 Å². The van der Waals surface area contributed by atoms with Gasteiger partial charge in [-0.2, -0.15) is 15.3 Å². The predicted molar refractivity (Wildman–Crippen MR) is 113 cm³/mol. The molecule has 4 rings (SSSR count). The van der Waals surface area contributed by atoms with Gasteiger partial charge in [-0.3, -0.25) is 14.2 Å². The van der Waals surface area contributed by atoms with Crippen molar-refractivity contribution in [2.45, 2.75) is 27.1 Å². The van der Waals surface area contributed by atoms with Gasteiger partial charge in [0.15, 0.2) is 11.5 Å². The molecule has 3 aromatic heterocycles. The van der Waals surface area contributed by atoms with Crippen LogP contribution < -0.4 is 5.32 Å². The molecular formula is C20H19BrFN7O. The quantitative estimate of drug-likeness (QED) is 0.465. The molecule has 0 fully saturated rings. The first-order valence-electron chi connectivity index (χ1n) is 9.21. The summed E-state index contributed by atoms with van der Waals surface area (Å²) in [6.07, 6.45) is 3.45. The van der Waals surface area contributed by atoms with E-state index in [1.165, 1.54) is 12.1 Å². The normalized spacial score (nSPS) is 11.1. The third-order valence-corrected chi connectivity index (χ3v) is 5.71. The van der Waals surface area contributed by atoms with Crippen molar-refractivity contribution >= 4 is 27.7 Å². The van der Waals surface area contributed by atoms with Crippen LogP contribution in [0.4, 0.5) is 10.2 Å². The van der Waals surface area contributed by atoms with Crippen LogP contribution in [-0.2, 0) is 13.2 Å². The molecule has 0 aliphatic rings. The highest BCUT2D eigenvalue weighted by molar-refractivity contribution is 9.10. The third-order valence-electron chi connectivity index (χ3n) is 4.56. The number of carbonyl (C=O) groups is 1. The van der Waals surface area contributed by atoms with Crippen LogP contribution in [0.5, 0.6) is 0 Å². The maximum atomic E-state index is 13.3. The number of carbonyl (C=O) groups excluding carboxylic acids is 1. The Morgan fingerprint density at radius 2 is 1.90 bits per heavy atom. The van der Waals surface area contributed by atoms with E-state index in [0.717, 1.165) is 21.4 Å². The third kappa shape index (κ3) is 4.33. The zero-order valence-corrected chi connectivity index (χ0v) is 18.0. The van der Waals surface area contributed by atoms with Gasteiger partial charge in [-0.05, 0) is 53.5 Å². The van der Waals surface area contributed by atoms with Gasteiger partial charge >= 0.3 is 0 Å². The van der Waals surface area contributed by atoms with Crippen molar-refractivity contribution in [1.82, 2.24) is 29.3 Å². The van der Waals surface area contributed by atoms with Gasteiger partial charge in [0.2, 0.25) is 0 Å². The van der Waals surface area contributed by atoms with Crippen molar-refractivity contribution < 1.29 is 9.18 Å². The molecule has 0 atom stereocenters. The minimum atomic E-state index is -0.362. The van der Waals surface area contributed by atoms with Gasteiger partial charge in [-0.25, -0.2) is 9.07 Å². The van der Waals surface area contributed by atoms with Crippen molar-refractivity contribution in [1.29, 1.82) is 0 Å². The second-order valence-electron chi connectivity index (χ2n) is 6.85. The lowest BCUT2D eigenvalue weighted by Gasteiger charge is -2.04. The van der Waals surface area contributed by atoms with Gasteiger partial charge in [0.05, 0.1) is 22.4 Å². The van der Waals surface area contributed by atoms with Crippen molar-refractivity contribution in [3.8, 4) is 0 Å². The Hall–Kier alpha value is -3.27. The Bertz CT molecular complexity index is 1210. The number of rotatable bonds is 6. The largest absolute Gasteiger partial charge is 0.304 e. The molecule has 154 valence electrons. The Morgan fingerprint density at radius 1 is 1.10 bits per heavy atom. The van der Waals surface area contributed by atoms with E-state index in [-0.39, 0.29) is 17.4 Å². The summed E-state index contributed by atoms with van der Waals surface area (Å²) in [6, 6.07) is 9.63. The number of amides is 1. The lowest BCUT2D eigenvalue weighted by atomic mass is 10.2. The number of nitrogens with zero attached hydrogens (tertiary/aromatic N) is 6. The van der Waals surface area contributed by atoms with Crippen LogP contribution in [0.25, 0.3) is 0 Å². The summed E-state index contributed by atoms with van der Waals surface area (Å²) in [6.45, 7) is 4.68. The van der Waals surface area contributed by atoms with Crippen LogP contribution >= 0.6 is 15.9 Å². The number of halogens is 2. The molecule has 1 aromatic carbocycles. The maximum Gasteiger partial charge on any atom is 0.277 e. The Labute approximate surface area is 180 Å². The predicted octanol–water partition coefficient (Wildman–Crippen LogP) is 3.60. The van der Waals surface area contributed by atoms with Gasteiger partial charge in [0.1, 0.15) is 12.5 Å². The number of aromatic nitrogens is 6. The van der Waals surface area contributed by atoms with Crippen LogP contribution in [0.1, 0.15) is 27.4 Å². The van der Waals surface area contributed by atoms with Crippen molar-refractivity contribution in [3.63, 3.8) is 0 Å². The standard InChI is InChI=1S/C20H19BrFN7O/c1-13-19(21)14(2)29(24-13)12-28-8-6-17(25-28)20(30)23-18-7-9-27(26-18)11-15-4-3-5-16(22)10-15/h3-10H,11-12H2,1-2H3,(H,23,26,30). The lowest BCUT2D eigenvalue weighted by molar-refractivity contribution is 0.102. The molecule has 3 heterocycles. The molecule has 4 aromatic rings. The summed E-state index contributed by atoms with van der Waals surface area (Å²) >= 11 is 3.50. The fourth-order valence-corrected chi connectivity index (χ4v) is 3.31. The fourth-order valence-electron chi connectivity index (χ4n) is 3.03. The summed E-state index contributed by atoms with van der Waals surface area (Å²) < 4.78 is 19.4. The van der Waals surface area contributed by atoms with E-state index in [0.29, 0.717) is 19.0 Å². The molecule has 0 bridgehead atoms. The Balaban J connectivity index is 1.40. The van der Waals surface area contributed by atoms with Gasteiger partial charge in [0, 0.05) is 18.5 Å². The van der Waals surface area contributed by atoms with Crippen molar-refractivity contribution in [2.75, 3.05) is 5.32 Å². The van der Waals surface area contributed by atoms with Crippen LogP contribution in [0.2, 0.25) is 0 Å². The van der Waals surface area contributed by atoms with E-state index >= 15 is 0 Å². The van der Waals surface area contributed by atoms with E-state index in [1.54, 1.807) is 40.0 Å². The SMILES string of the molecule is Cc1nn(Cn2ccc(C(=O)Nc3ccn(Cc4cccc(F)c4)n3)n2)c(C)c1Br. The topological polar surface area (TPSA) is 82.6 Å². The first-order chi connectivity index (χ1) is 14.4. The number of nitrogens with one attached hydrogen (secondary N) is 1. The van der Waals surface area contributed by atoms with E-state index in [9.17, 15) is 9.18 Å². The van der Waals surface area contributed by atoms with Crippen LogP contribution in [0.3, 0.4) is 0 Å². The van der Waals surface area contributed by atoms with Crippen LogP contribution in [-0.4, -0.2) is 35.2 Å². The van der Waals surface area contributed by atoms with E-state index in [4.69, 9.17) is 0 Å². The van der Waals surface area contributed by atoms with Crippen molar-refractivity contribution in [3.05, 3.63) is 81.7 Å². The average Bonchev–Trinajstić information content (AvgIpc) is 3.40. The molecule has 0 saturated carbocycles. The van der Waals surface area contributed by atoms with Gasteiger partial charge < -0.3 is 5.32 Å². The minimum absolute atomic E-state index is 0.273.